The summed E-state index contributed by atoms with van der Waals surface area (Å²) in [5.74, 6) is 0.0754. The number of aryl methyl sites for hydroxylation is 2. The molecule has 1 aliphatic carbocycles. The fourth-order valence-electron chi connectivity index (χ4n) is 2.82. The van der Waals surface area contributed by atoms with E-state index in [0.717, 1.165) is 18.4 Å². The molecule has 0 spiro atoms. The van der Waals surface area contributed by atoms with E-state index in [1.807, 2.05) is 6.92 Å². The summed E-state index contributed by atoms with van der Waals surface area (Å²) in [6.45, 7) is 3.68. The topological polar surface area (TPSA) is 75.3 Å². The molecule has 0 saturated heterocycles. The fourth-order valence-corrected chi connectivity index (χ4v) is 3.52. The molecule has 2 rings (SSSR count). The number of carbonyl (C=O) groups excluding carboxylic acids is 1. The summed E-state index contributed by atoms with van der Waals surface area (Å²) in [6.07, 6.45) is 4.73. The van der Waals surface area contributed by atoms with E-state index < -0.39 is 9.84 Å². The van der Waals surface area contributed by atoms with E-state index in [1.165, 1.54) is 24.0 Å². The number of rotatable bonds is 6. The normalized spacial score (nSPS) is 15.6. The number of urea groups is 1. The minimum atomic E-state index is -3.05. The first-order valence-electron chi connectivity index (χ1n) is 8.28. The lowest BCUT2D eigenvalue weighted by Crippen LogP contribution is -2.39. The molecule has 0 aromatic heterocycles. The lowest BCUT2D eigenvalue weighted by molar-refractivity contribution is 0.238. The van der Waals surface area contributed by atoms with Gasteiger partial charge in [-0.25, -0.2) is 13.2 Å². The van der Waals surface area contributed by atoms with Crippen molar-refractivity contribution in [2.45, 2.75) is 45.6 Å². The summed E-state index contributed by atoms with van der Waals surface area (Å²) in [5.41, 5.74) is 3.89. The number of sulfone groups is 1. The minimum Gasteiger partial charge on any atom is -0.337 e. The Bertz CT molecular complexity index is 656. The third kappa shape index (κ3) is 5.23. The van der Waals surface area contributed by atoms with Gasteiger partial charge < -0.3 is 10.6 Å². The lowest BCUT2D eigenvalue weighted by Gasteiger charge is -2.20. The number of hydrogen-bond acceptors (Lipinski definition) is 3. The van der Waals surface area contributed by atoms with Crippen molar-refractivity contribution in [3.63, 3.8) is 0 Å². The SMILES string of the molecule is CCS(=O)(=O)CCNC(=O)N[C@H](C)c1ccc2c(c1)CCCC2. The third-order valence-electron chi connectivity index (χ3n) is 4.36. The highest BCUT2D eigenvalue weighted by Crippen LogP contribution is 2.24. The Hall–Kier alpha value is -1.56. The molecule has 23 heavy (non-hydrogen) atoms. The van der Waals surface area contributed by atoms with Crippen molar-refractivity contribution in [1.29, 1.82) is 0 Å². The molecule has 2 amide bonds. The van der Waals surface area contributed by atoms with Gasteiger partial charge in [0.1, 0.15) is 0 Å². The molecule has 0 bridgehead atoms. The molecule has 128 valence electrons. The van der Waals surface area contributed by atoms with Crippen LogP contribution in [0.25, 0.3) is 0 Å². The first-order valence-corrected chi connectivity index (χ1v) is 10.1. The van der Waals surface area contributed by atoms with Gasteiger partial charge in [-0.05, 0) is 49.3 Å². The van der Waals surface area contributed by atoms with E-state index in [1.54, 1.807) is 6.92 Å². The van der Waals surface area contributed by atoms with Gasteiger partial charge in [0.05, 0.1) is 11.8 Å². The van der Waals surface area contributed by atoms with Gasteiger partial charge >= 0.3 is 6.03 Å². The maximum Gasteiger partial charge on any atom is 0.315 e. The van der Waals surface area contributed by atoms with Crippen LogP contribution in [0.3, 0.4) is 0 Å². The third-order valence-corrected chi connectivity index (χ3v) is 6.06. The van der Waals surface area contributed by atoms with Crippen LogP contribution in [0.2, 0.25) is 0 Å². The number of nitrogens with one attached hydrogen (secondary N) is 2. The van der Waals surface area contributed by atoms with Crippen LogP contribution in [0.5, 0.6) is 0 Å². The smallest absolute Gasteiger partial charge is 0.315 e. The molecule has 6 heteroatoms. The Morgan fingerprint density at radius 3 is 2.61 bits per heavy atom. The predicted molar refractivity (Wildman–Crippen MR) is 92.4 cm³/mol. The Morgan fingerprint density at radius 2 is 1.91 bits per heavy atom. The summed E-state index contributed by atoms with van der Waals surface area (Å²) >= 11 is 0. The second-order valence-corrected chi connectivity index (χ2v) is 8.57. The molecular weight excluding hydrogens is 312 g/mol. The second kappa shape index (κ2) is 7.81. The van der Waals surface area contributed by atoms with E-state index in [-0.39, 0.29) is 30.1 Å². The number of amides is 2. The molecule has 0 radical (unpaired) electrons. The van der Waals surface area contributed by atoms with Crippen LogP contribution < -0.4 is 10.6 Å². The Labute approximate surface area is 138 Å². The van der Waals surface area contributed by atoms with Crippen molar-refractivity contribution >= 4 is 15.9 Å². The van der Waals surface area contributed by atoms with Gasteiger partial charge in [0.2, 0.25) is 0 Å². The Balaban J connectivity index is 1.86. The number of hydrogen-bond donors (Lipinski definition) is 2. The Morgan fingerprint density at radius 1 is 1.22 bits per heavy atom. The van der Waals surface area contributed by atoms with Gasteiger partial charge in [-0.3, -0.25) is 0 Å². The van der Waals surface area contributed by atoms with Crippen LogP contribution in [-0.2, 0) is 22.7 Å². The van der Waals surface area contributed by atoms with Crippen molar-refractivity contribution < 1.29 is 13.2 Å². The van der Waals surface area contributed by atoms with E-state index in [9.17, 15) is 13.2 Å². The Kier molecular flexibility index (Phi) is 6.04. The molecule has 0 aliphatic heterocycles. The summed E-state index contributed by atoms with van der Waals surface area (Å²) < 4.78 is 22.8. The van der Waals surface area contributed by atoms with Gasteiger partial charge in [-0.2, -0.15) is 0 Å². The number of carbonyl (C=O) groups is 1. The summed E-state index contributed by atoms with van der Waals surface area (Å²) in [6, 6.07) is 5.97. The molecular formula is C17H26N2O3S. The van der Waals surface area contributed by atoms with Crippen LogP contribution in [0.1, 0.15) is 49.4 Å². The lowest BCUT2D eigenvalue weighted by atomic mass is 9.89. The van der Waals surface area contributed by atoms with E-state index in [4.69, 9.17) is 0 Å². The van der Waals surface area contributed by atoms with Crippen LogP contribution >= 0.6 is 0 Å². The van der Waals surface area contributed by atoms with Gasteiger partial charge in [0, 0.05) is 12.3 Å². The maximum atomic E-state index is 11.9. The molecule has 0 heterocycles. The van der Waals surface area contributed by atoms with Gasteiger partial charge in [-0.15, -0.1) is 0 Å². The van der Waals surface area contributed by atoms with Crippen LogP contribution in [0.15, 0.2) is 18.2 Å². The standard InChI is InChI=1S/C17H26N2O3S/c1-3-23(21,22)11-10-18-17(20)19-13(2)15-9-8-14-6-4-5-7-16(14)12-15/h8-9,12-13H,3-7,10-11H2,1-2H3,(H2,18,19,20)/t13-/m1/s1. The average molecular weight is 338 g/mol. The zero-order chi connectivity index (χ0) is 16.9. The minimum absolute atomic E-state index is 0.0237. The van der Waals surface area contributed by atoms with E-state index >= 15 is 0 Å². The highest BCUT2D eigenvalue weighted by atomic mass is 32.2. The second-order valence-electron chi connectivity index (χ2n) is 6.09. The quantitative estimate of drug-likeness (QED) is 0.836. The zero-order valence-electron chi connectivity index (χ0n) is 13.9. The van der Waals surface area contributed by atoms with Crippen molar-refractivity contribution in [3.05, 3.63) is 34.9 Å². The summed E-state index contributed by atoms with van der Waals surface area (Å²) in [7, 11) is -3.05. The van der Waals surface area contributed by atoms with Crippen LogP contribution in [0.4, 0.5) is 4.79 Å². The molecule has 1 atom stereocenters. The van der Waals surface area contributed by atoms with Gasteiger partial charge in [0.15, 0.2) is 9.84 Å². The highest BCUT2D eigenvalue weighted by molar-refractivity contribution is 7.91. The summed E-state index contributed by atoms with van der Waals surface area (Å²) in [4.78, 5) is 11.9. The molecule has 0 saturated carbocycles. The van der Waals surface area contributed by atoms with E-state index in [0.29, 0.717) is 0 Å². The van der Waals surface area contributed by atoms with Crippen LogP contribution in [0, 0.1) is 0 Å². The molecule has 5 nitrogen and oxygen atoms in total. The predicted octanol–water partition coefficient (Wildman–Crippen LogP) is 2.36. The van der Waals surface area contributed by atoms with Crippen molar-refractivity contribution in [1.82, 2.24) is 10.6 Å². The van der Waals surface area contributed by atoms with Crippen LogP contribution in [-0.4, -0.2) is 32.5 Å². The molecule has 0 unspecified atom stereocenters. The zero-order valence-corrected chi connectivity index (χ0v) is 14.7. The van der Waals surface area contributed by atoms with Gasteiger partial charge in [0.25, 0.3) is 0 Å². The molecule has 1 aromatic rings. The van der Waals surface area contributed by atoms with Crippen molar-refractivity contribution in [2.75, 3.05) is 18.1 Å². The maximum absolute atomic E-state index is 11.9. The molecule has 1 aliphatic rings. The molecule has 1 aromatic carbocycles. The van der Waals surface area contributed by atoms with Crippen molar-refractivity contribution in [3.8, 4) is 0 Å². The van der Waals surface area contributed by atoms with Crippen molar-refractivity contribution in [2.24, 2.45) is 0 Å². The summed E-state index contributed by atoms with van der Waals surface area (Å²) in [5, 5.41) is 5.47. The number of benzene rings is 1. The largest absolute Gasteiger partial charge is 0.337 e. The first-order chi connectivity index (χ1) is 10.9. The van der Waals surface area contributed by atoms with Gasteiger partial charge in [-0.1, -0.05) is 25.1 Å². The average Bonchev–Trinajstić information content (AvgIpc) is 2.54. The first kappa shape index (κ1) is 17.8. The fraction of sp³-hybridized carbons (Fsp3) is 0.588. The number of fused-ring (bicyclic) bond motifs is 1. The molecule has 2 N–H and O–H groups in total. The molecule has 0 fully saturated rings. The monoisotopic (exact) mass is 338 g/mol. The highest BCUT2D eigenvalue weighted by Gasteiger charge is 2.14. The van der Waals surface area contributed by atoms with E-state index in [2.05, 4.69) is 28.8 Å².